The second kappa shape index (κ2) is 6.53. The summed E-state index contributed by atoms with van der Waals surface area (Å²) >= 11 is 0. The largest absolute Gasteiger partial charge is 0.352 e. The molecule has 0 radical (unpaired) electrons. The number of piperidine rings is 1. The molecule has 1 amide bonds. The number of nitrogens with one attached hydrogen (secondary N) is 2. The minimum atomic E-state index is 0.00968. The fourth-order valence-electron chi connectivity index (χ4n) is 2.77. The number of rotatable bonds is 6. The second-order valence-electron chi connectivity index (χ2n) is 5.70. The summed E-state index contributed by atoms with van der Waals surface area (Å²) in [6, 6.07) is 1.00. The highest BCUT2D eigenvalue weighted by molar-refractivity contribution is 5.81. The first kappa shape index (κ1) is 13.8. The summed E-state index contributed by atoms with van der Waals surface area (Å²) in [5.74, 6) is 0.219. The van der Waals surface area contributed by atoms with Crippen LogP contribution in [0.25, 0.3) is 0 Å². The van der Waals surface area contributed by atoms with E-state index in [1.165, 1.54) is 12.8 Å². The Labute approximate surface area is 110 Å². The average Bonchev–Trinajstić information content (AvgIpc) is 3.20. The molecule has 1 aliphatic carbocycles. The van der Waals surface area contributed by atoms with Crippen LogP contribution in [0, 0.1) is 0 Å². The van der Waals surface area contributed by atoms with E-state index in [0.29, 0.717) is 12.1 Å². The van der Waals surface area contributed by atoms with E-state index < -0.39 is 0 Å². The van der Waals surface area contributed by atoms with E-state index in [4.69, 9.17) is 0 Å². The molecule has 0 spiro atoms. The molecule has 1 aliphatic heterocycles. The smallest absolute Gasteiger partial charge is 0.237 e. The monoisotopic (exact) mass is 253 g/mol. The van der Waals surface area contributed by atoms with Crippen molar-refractivity contribution in [1.29, 1.82) is 0 Å². The molecule has 4 heteroatoms. The Bertz CT molecular complexity index is 272. The lowest BCUT2D eigenvalue weighted by Gasteiger charge is -2.38. The maximum Gasteiger partial charge on any atom is 0.237 e. The summed E-state index contributed by atoms with van der Waals surface area (Å²) in [5, 5.41) is 6.58. The van der Waals surface area contributed by atoms with Crippen LogP contribution in [0.3, 0.4) is 0 Å². The predicted molar refractivity (Wildman–Crippen MR) is 73.5 cm³/mol. The maximum absolute atomic E-state index is 12.2. The van der Waals surface area contributed by atoms with Gasteiger partial charge in [0, 0.05) is 18.6 Å². The topological polar surface area (TPSA) is 44.4 Å². The van der Waals surface area contributed by atoms with Gasteiger partial charge in [0.15, 0.2) is 0 Å². The highest BCUT2D eigenvalue weighted by Crippen LogP contribution is 2.20. The first-order chi connectivity index (χ1) is 8.72. The summed E-state index contributed by atoms with van der Waals surface area (Å²) in [6.07, 6.45) is 5.88. The Hall–Kier alpha value is -0.610. The van der Waals surface area contributed by atoms with E-state index in [-0.39, 0.29) is 11.9 Å². The highest BCUT2D eigenvalue weighted by Gasteiger charge is 2.31. The number of amides is 1. The molecule has 0 aromatic carbocycles. The number of hydrogen-bond acceptors (Lipinski definition) is 3. The third-order valence-corrected chi connectivity index (χ3v) is 4.02. The lowest BCUT2D eigenvalue weighted by atomic mass is 10.0. The summed E-state index contributed by atoms with van der Waals surface area (Å²) in [4.78, 5) is 14.6. The van der Waals surface area contributed by atoms with Crippen molar-refractivity contribution in [3.8, 4) is 0 Å². The number of carbonyl (C=O) groups excluding carboxylic acids is 1. The third kappa shape index (κ3) is 3.69. The molecule has 2 fully saturated rings. The zero-order valence-electron chi connectivity index (χ0n) is 11.7. The van der Waals surface area contributed by atoms with Gasteiger partial charge in [-0.15, -0.1) is 0 Å². The summed E-state index contributed by atoms with van der Waals surface area (Å²) in [6.45, 7) is 7.42. The molecule has 2 aliphatic rings. The van der Waals surface area contributed by atoms with Crippen LogP contribution in [0.15, 0.2) is 0 Å². The molecular formula is C14H27N3O. The van der Waals surface area contributed by atoms with E-state index in [0.717, 1.165) is 38.9 Å². The van der Waals surface area contributed by atoms with Crippen molar-refractivity contribution in [1.82, 2.24) is 15.5 Å². The van der Waals surface area contributed by atoms with Crippen molar-refractivity contribution in [2.75, 3.05) is 19.6 Å². The number of carbonyl (C=O) groups is 1. The molecule has 2 unspecified atom stereocenters. The fourth-order valence-corrected chi connectivity index (χ4v) is 2.77. The predicted octanol–water partition coefficient (Wildman–Crippen LogP) is 1.12. The van der Waals surface area contributed by atoms with Crippen LogP contribution in [0.1, 0.15) is 46.0 Å². The van der Waals surface area contributed by atoms with E-state index in [2.05, 4.69) is 29.4 Å². The van der Waals surface area contributed by atoms with Crippen molar-refractivity contribution in [2.24, 2.45) is 0 Å². The van der Waals surface area contributed by atoms with Crippen LogP contribution in [-0.4, -0.2) is 48.6 Å². The third-order valence-electron chi connectivity index (χ3n) is 4.02. The van der Waals surface area contributed by atoms with Crippen molar-refractivity contribution in [2.45, 2.75) is 64.1 Å². The average molecular weight is 253 g/mol. The zero-order valence-corrected chi connectivity index (χ0v) is 11.7. The standard InChI is InChI=1S/C14H27N3O/c1-3-9-17(13-5-4-8-15-10-13)11(2)14(18)16-12-6-7-12/h11-13,15H,3-10H2,1-2H3,(H,16,18). The summed E-state index contributed by atoms with van der Waals surface area (Å²) in [5.41, 5.74) is 0. The maximum atomic E-state index is 12.2. The van der Waals surface area contributed by atoms with Gasteiger partial charge >= 0.3 is 0 Å². The van der Waals surface area contributed by atoms with Crippen LogP contribution in [0.4, 0.5) is 0 Å². The van der Waals surface area contributed by atoms with Gasteiger partial charge in [0.1, 0.15) is 0 Å². The molecule has 0 bridgehead atoms. The van der Waals surface area contributed by atoms with Crippen molar-refractivity contribution >= 4 is 5.91 Å². The van der Waals surface area contributed by atoms with Crippen LogP contribution in [0.5, 0.6) is 0 Å². The Morgan fingerprint density at radius 3 is 2.78 bits per heavy atom. The van der Waals surface area contributed by atoms with Crippen LogP contribution >= 0.6 is 0 Å². The molecule has 2 rings (SSSR count). The Kier molecular flexibility index (Phi) is 5.01. The minimum Gasteiger partial charge on any atom is -0.352 e. The van der Waals surface area contributed by atoms with Gasteiger partial charge in [-0.1, -0.05) is 6.92 Å². The first-order valence-corrected chi connectivity index (χ1v) is 7.49. The summed E-state index contributed by atoms with van der Waals surface area (Å²) < 4.78 is 0. The molecule has 2 N–H and O–H groups in total. The van der Waals surface area contributed by atoms with Gasteiger partial charge in [0.25, 0.3) is 0 Å². The van der Waals surface area contributed by atoms with Crippen molar-refractivity contribution in [3.63, 3.8) is 0 Å². The van der Waals surface area contributed by atoms with E-state index in [9.17, 15) is 4.79 Å². The Balaban J connectivity index is 1.90. The first-order valence-electron chi connectivity index (χ1n) is 7.49. The molecule has 2 atom stereocenters. The van der Waals surface area contributed by atoms with Gasteiger partial charge in [-0.3, -0.25) is 9.69 Å². The second-order valence-corrected chi connectivity index (χ2v) is 5.70. The van der Waals surface area contributed by atoms with E-state index in [1.807, 2.05) is 0 Å². The quantitative estimate of drug-likeness (QED) is 0.745. The van der Waals surface area contributed by atoms with Crippen LogP contribution < -0.4 is 10.6 Å². The molecule has 1 saturated carbocycles. The molecule has 18 heavy (non-hydrogen) atoms. The van der Waals surface area contributed by atoms with Gasteiger partial charge in [-0.05, 0) is 52.1 Å². The van der Waals surface area contributed by atoms with Gasteiger partial charge in [0.2, 0.25) is 5.91 Å². The molecule has 104 valence electrons. The van der Waals surface area contributed by atoms with E-state index in [1.54, 1.807) is 0 Å². The lowest BCUT2D eigenvalue weighted by molar-refractivity contribution is -0.127. The fraction of sp³-hybridized carbons (Fsp3) is 0.929. The van der Waals surface area contributed by atoms with Gasteiger partial charge in [-0.2, -0.15) is 0 Å². The molecule has 4 nitrogen and oxygen atoms in total. The summed E-state index contributed by atoms with van der Waals surface area (Å²) in [7, 11) is 0. The zero-order chi connectivity index (χ0) is 13.0. The van der Waals surface area contributed by atoms with E-state index >= 15 is 0 Å². The van der Waals surface area contributed by atoms with Gasteiger partial charge < -0.3 is 10.6 Å². The minimum absolute atomic E-state index is 0.00968. The van der Waals surface area contributed by atoms with Gasteiger partial charge in [-0.25, -0.2) is 0 Å². The Morgan fingerprint density at radius 2 is 2.22 bits per heavy atom. The van der Waals surface area contributed by atoms with Crippen molar-refractivity contribution < 1.29 is 4.79 Å². The van der Waals surface area contributed by atoms with Crippen LogP contribution in [-0.2, 0) is 4.79 Å². The number of hydrogen-bond donors (Lipinski definition) is 2. The number of nitrogens with zero attached hydrogens (tertiary/aromatic N) is 1. The normalized spacial score (nSPS) is 26.1. The SMILES string of the molecule is CCCN(C1CCCNC1)C(C)C(=O)NC1CC1. The molecule has 1 heterocycles. The van der Waals surface area contributed by atoms with Gasteiger partial charge in [0.05, 0.1) is 6.04 Å². The molecule has 1 saturated heterocycles. The molecular weight excluding hydrogens is 226 g/mol. The molecule has 0 aromatic rings. The van der Waals surface area contributed by atoms with Crippen molar-refractivity contribution in [3.05, 3.63) is 0 Å². The molecule has 0 aromatic heterocycles. The van der Waals surface area contributed by atoms with Crippen LogP contribution in [0.2, 0.25) is 0 Å². The Morgan fingerprint density at radius 1 is 1.44 bits per heavy atom. The lowest BCUT2D eigenvalue weighted by Crippen LogP contribution is -2.54. The highest BCUT2D eigenvalue weighted by atomic mass is 16.2.